The van der Waals surface area contributed by atoms with Gasteiger partial charge in [-0.1, -0.05) is 29.4 Å². The summed E-state index contributed by atoms with van der Waals surface area (Å²) in [4.78, 5) is 5.84. The molecule has 0 amide bonds. The molecule has 0 fully saturated rings. The first kappa shape index (κ1) is 11.0. The molecule has 0 aliphatic heterocycles. The second-order valence-electron chi connectivity index (χ2n) is 3.01. The van der Waals surface area contributed by atoms with Crippen LogP contribution < -0.4 is 0 Å². The van der Waals surface area contributed by atoms with Gasteiger partial charge in [0.15, 0.2) is 0 Å². The fourth-order valence-electron chi connectivity index (χ4n) is 1.23. The van der Waals surface area contributed by atoms with Gasteiger partial charge in [-0.05, 0) is 24.3 Å². The normalized spacial score (nSPS) is 9.75. The Morgan fingerprint density at radius 2 is 1.94 bits per heavy atom. The Morgan fingerprint density at radius 1 is 1.19 bits per heavy atom. The predicted molar refractivity (Wildman–Crippen MR) is 64.5 cm³/mol. The molecule has 2 rings (SSSR count). The minimum absolute atomic E-state index is 0.488. The third-order valence-electron chi connectivity index (χ3n) is 1.96. The molecule has 78 valence electrons. The van der Waals surface area contributed by atoms with Gasteiger partial charge in [0.1, 0.15) is 6.07 Å². The number of hydrogen-bond donors (Lipinski definition) is 0. The van der Waals surface area contributed by atoms with Crippen molar-refractivity contribution in [2.24, 2.45) is 0 Å². The van der Waals surface area contributed by atoms with Crippen LogP contribution in [0.15, 0.2) is 52.5 Å². The fraction of sp³-hybridized carbons (Fsp3) is 0. The van der Waals surface area contributed by atoms with Crippen molar-refractivity contribution >= 4 is 23.4 Å². The molecule has 0 radical (unpaired) electrons. The molecule has 2 aromatic rings. The van der Waals surface area contributed by atoms with Crippen LogP contribution in [0.25, 0.3) is 0 Å². The van der Waals surface area contributed by atoms with Crippen LogP contribution in [-0.2, 0) is 0 Å². The van der Waals surface area contributed by atoms with Crippen molar-refractivity contribution < 1.29 is 0 Å². The van der Waals surface area contributed by atoms with Gasteiger partial charge in [0.2, 0.25) is 0 Å². The highest BCUT2D eigenvalue weighted by Crippen LogP contribution is 2.32. The zero-order valence-electron chi connectivity index (χ0n) is 8.22. The molecular formula is C12H7ClN2S. The Hall–Kier alpha value is -1.50. The van der Waals surface area contributed by atoms with Crippen molar-refractivity contribution in [3.05, 3.63) is 53.3 Å². The van der Waals surface area contributed by atoms with E-state index < -0.39 is 0 Å². The first-order valence-corrected chi connectivity index (χ1v) is 5.77. The van der Waals surface area contributed by atoms with Gasteiger partial charge in [-0.2, -0.15) is 5.26 Å². The quantitative estimate of drug-likeness (QED) is 0.810. The van der Waals surface area contributed by atoms with E-state index in [2.05, 4.69) is 11.1 Å². The van der Waals surface area contributed by atoms with Gasteiger partial charge >= 0.3 is 0 Å². The molecule has 0 aliphatic carbocycles. The van der Waals surface area contributed by atoms with Crippen LogP contribution in [0.4, 0.5) is 0 Å². The molecule has 1 heterocycles. The average molecular weight is 247 g/mol. The van der Waals surface area contributed by atoms with Crippen LogP contribution in [0.1, 0.15) is 5.56 Å². The standard InChI is InChI=1S/C12H7ClN2S/c13-11-2-1-3-12(10(11)8-14)16-9-4-6-15-7-5-9/h1-7H. The van der Waals surface area contributed by atoms with Crippen LogP contribution in [-0.4, -0.2) is 4.98 Å². The largest absolute Gasteiger partial charge is 0.265 e. The molecule has 0 spiro atoms. The SMILES string of the molecule is N#Cc1c(Cl)cccc1Sc1ccncc1. The van der Waals surface area contributed by atoms with Crippen LogP contribution in [0, 0.1) is 11.3 Å². The van der Waals surface area contributed by atoms with E-state index in [1.54, 1.807) is 18.5 Å². The van der Waals surface area contributed by atoms with Gasteiger partial charge in [-0.3, -0.25) is 4.98 Å². The minimum Gasteiger partial charge on any atom is -0.265 e. The van der Waals surface area contributed by atoms with Gasteiger partial charge in [-0.25, -0.2) is 0 Å². The number of aromatic nitrogens is 1. The number of hydrogen-bond acceptors (Lipinski definition) is 3. The lowest BCUT2D eigenvalue weighted by Crippen LogP contribution is -1.82. The lowest BCUT2D eigenvalue weighted by molar-refractivity contribution is 1.26. The second kappa shape index (κ2) is 5.02. The fourth-order valence-corrected chi connectivity index (χ4v) is 2.42. The Bertz CT molecular complexity index is 534. The number of benzene rings is 1. The summed E-state index contributed by atoms with van der Waals surface area (Å²) in [6, 6.07) is 11.4. The monoisotopic (exact) mass is 246 g/mol. The molecule has 1 aromatic heterocycles. The van der Waals surface area contributed by atoms with E-state index in [-0.39, 0.29) is 0 Å². The van der Waals surface area contributed by atoms with Crippen molar-refractivity contribution in [1.82, 2.24) is 4.98 Å². The van der Waals surface area contributed by atoms with Gasteiger partial charge in [0, 0.05) is 22.2 Å². The maximum atomic E-state index is 9.02. The van der Waals surface area contributed by atoms with Crippen molar-refractivity contribution in [2.75, 3.05) is 0 Å². The number of halogens is 1. The topological polar surface area (TPSA) is 36.7 Å². The highest BCUT2D eigenvalue weighted by Gasteiger charge is 2.07. The smallest absolute Gasteiger partial charge is 0.102 e. The number of pyridine rings is 1. The van der Waals surface area contributed by atoms with Crippen molar-refractivity contribution in [3.63, 3.8) is 0 Å². The summed E-state index contributed by atoms with van der Waals surface area (Å²) in [5.74, 6) is 0. The van der Waals surface area contributed by atoms with Gasteiger partial charge in [0.05, 0.1) is 10.6 Å². The van der Waals surface area contributed by atoms with Crippen LogP contribution in [0.3, 0.4) is 0 Å². The molecule has 0 atom stereocenters. The molecule has 0 N–H and O–H groups in total. The molecule has 0 saturated carbocycles. The molecule has 16 heavy (non-hydrogen) atoms. The second-order valence-corrected chi connectivity index (χ2v) is 4.53. The lowest BCUT2D eigenvalue weighted by atomic mass is 10.2. The summed E-state index contributed by atoms with van der Waals surface area (Å²) >= 11 is 7.45. The first-order valence-electron chi connectivity index (χ1n) is 4.58. The molecule has 0 bridgehead atoms. The van der Waals surface area contributed by atoms with E-state index in [0.29, 0.717) is 10.6 Å². The van der Waals surface area contributed by atoms with Crippen LogP contribution in [0.5, 0.6) is 0 Å². The lowest BCUT2D eigenvalue weighted by Gasteiger charge is -2.04. The highest BCUT2D eigenvalue weighted by atomic mass is 35.5. The van der Waals surface area contributed by atoms with Crippen molar-refractivity contribution in [3.8, 4) is 6.07 Å². The van der Waals surface area contributed by atoms with E-state index >= 15 is 0 Å². The average Bonchev–Trinajstić information content (AvgIpc) is 2.31. The third-order valence-corrected chi connectivity index (χ3v) is 3.35. The Labute approximate surface area is 103 Å². The number of nitrogens with zero attached hydrogens (tertiary/aromatic N) is 2. The maximum Gasteiger partial charge on any atom is 0.102 e. The Morgan fingerprint density at radius 3 is 2.62 bits per heavy atom. The molecule has 0 aliphatic rings. The Balaban J connectivity index is 2.36. The van der Waals surface area contributed by atoms with Crippen LogP contribution >= 0.6 is 23.4 Å². The molecule has 4 heteroatoms. The molecule has 1 aromatic carbocycles. The number of rotatable bonds is 2. The Kier molecular flexibility index (Phi) is 3.45. The summed E-state index contributed by atoms with van der Waals surface area (Å²) in [7, 11) is 0. The summed E-state index contributed by atoms with van der Waals surface area (Å²) < 4.78 is 0. The van der Waals surface area contributed by atoms with E-state index in [9.17, 15) is 0 Å². The zero-order valence-corrected chi connectivity index (χ0v) is 9.79. The molecule has 0 unspecified atom stereocenters. The minimum atomic E-state index is 0.488. The summed E-state index contributed by atoms with van der Waals surface area (Å²) in [5, 5.41) is 9.50. The summed E-state index contributed by atoms with van der Waals surface area (Å²) in [6.45, 7) is 0. The van der Waals surface area contributed by atoms with Gasteiger partial charge in [0.25, 0.3) is 0 Å². The third kappa shape index (κ3) is 2.35. The van der Waals surface area contributed by atoms with Gasteiger partial charge < -0.3 is 0 Å². The predicted octanol–water partition coefficient (Wildman–Crippen LogP) is 3.76. The van der Waals surface area contributed by atoms with Crippen molar-refractivity contribution in [1.29, 1.82) is 5.26 Å². The number of nitriles is 1. The van der Waals surface area contributed by atoms with Crippen LogP contribution in [0.2, 0.25) is 5.02 Å². The van der Waals surface area contributed by atoms with E-state index in [1.807, 2.05) is 24.3 Å². The summed E-state index contributed by atoms with van der Waals surface area (Å²) in [6.07, 6.45) is 3.44. The summed E-state index contributed by atoms with van der Waals surface area (Å²) in [5.41, 5.74) is 0.519. The van der Waals surface area contributed by atoms with Gasteiger partial charge in [-0.15, -0.1) is 0 Å². The van der Waals surface area contributed by atoms with E-state index in [1.165, 1.54) is 11.8 Å². The molecular weight excluding hydrogens is 240 g/mol. The maximum absolute atomic E-state index is 9.02. The highest BCUT2D eigenvalue weighted by molar-refractivity contribution is 7.99. The van der Waals surface area contributed by atoms with E-state index in [4.69, 9.17) is 16.9 Å². The molecule has 2 nitrogen and oxygen atoms in total. The van der Waals surface area contributed by atoms with Crippen molar-refractivity contribution in [2.45, 2.75) is 9.79 Å². The van der Waals surface area contributed by atoms with E-state index in [0.717, 1.165) is 9.79 Å². The first-order chi connectivity index (χ1) is 7.81. The molecule has 0 saturated heterocycles. The zero-order chi connectivity index (χ0) is 11.4.